The van der Waals surface area contributed by atoms with Crippen molar-refractivity contribution < 1.29 is 9.47 Å². The number of nitrogens with two attached hydrogens (primary N) is 1. The van der Waals surface area contributed by atoms with Crippen molar-refractivity contribution in [3.63, 3.8) is 0 Å². The van der Waals surface area contributed by atoms with Gasteiger partial charge < -0.3 is 15.2 Å². The van der Waals surface area contributed by atoms with E-state index in [1.807, 2.05) is 12.1 Å². The van der Waals surface area contributed by atoms with E-state index in [9.17, 15) is 0 Å². The molecule has 1 fully saturated rings. The van der Waals surface area contributed by atoms with Crippen LogP contribution in [0.4, 0.5) is 0 Å². The Labute approximate surface area is 103 Å². The third-order valence-corrected chi connectivity index (χ3v) is 3.27. The fourth-order valence-corrected chi connectivity index (χ4v) is 2.25. The van der Waals surface area contributed by atoms with Gasteiger partial charge in [-0.2, -0.15) is 0 Å². The number of benzene rings is 1. The Bertz CT molecular complexity index is 348. The van der Waals surface area contributed by atoms with Crippen LogP contribution < -0.4 is 5.73 Å². The molecule has 0 saturated carbocycles. The van der Waals surface area contributed by atoms with Crippen LogP contribution in [0.15, 0.2) is 24.3 Å². The third kappa shape index (κ3) is 3.28. The van der Waals surface area contributed by atoms with E-state index in [-0.39, 0.29) is 12.2 Å². The average molecular weight is 235 g/mol. The Morgan fingerprint density at radius 2 is 2.06 bits per heavy atom. The van der Waals surface area contributed by atoms with Gasteiger partial charge in [0, 0.05) is 19.8 Å². The summed E-state index contributed by atoms with van der Waals surface area (Å²) in [5, 5.41) is 0. The van der Waals surface area contributed by atoms with Crippen LogP contribution in [-0.4, -0.2) is 25.9 Å². The lowest BCUT2D eigenvalue weighted by atomic mass is 10.0. The molecule has 1 aromatic carbocycles. The largest absolute Gasteiger partial charge is 0.381 e. The van der Waals surface area contributed by atoms with Gasteiger partial charge in [-0.15, -0.1) is 0 Å². The third-order valence-electron chi connectivity index (χ3n) is 3.27. The summed E-state index contributed by atoms with van der Waals surface area (Å²) in [5.41, 5.74) is 8.29. The summed E-state index contributed by atoms with van der Waals surface area (Å²) in [6.45, 7) is 4.24. The predicted molar refractivity (Wildman–Crippen MR) is 67.9 cm³/mol. The standard InChI is InChI=1S/C14H21NO2/c1-11-4-2-3-5-13(11)14(10-15)17-12-6-8-16-9-7-12/h2-5,12,14H,6-10,15H2,1H3. The van der Waals surface area contributed by atoms with Crippen molar-refractivity contribution in [3.8, 4) is 0 Å². The summed E-state index contributed by atoms with van der Waals surface area (Å²) in [6, 6.07) is 8.29. The summed E-state index contributed by atoms with van der Waals surface area (Å²) in [7, 11) is 0. The van der Waals surface area contributed by atoms with Crippen LogP contribution in [0.25, 0.3) is 0 Å². The molecule has 1 aliphatic heterocycles. The minimum absolute atomic E-state index is 0.0132. The van der Waals surface area contributed by atoms with Crippen molar-refractivity contribution in [2.24, 2.45) is 5.73 Å². The molecule has 1 unspecified atom stereocenters. The van der Waals surface area contributed by atoms with E-state index in [0.717, 1.165) is 26.1 Å². The molecule has 1 atom stereocenters. The topological polar surface area (TPSA) is 44.5 Å². The van der Waals surface area contributed by atoms with E-state index >= 15 is 0 Å². The molecule has 3 nitrogen and oxygen atoms in total. The van der Waals surface area contributed by atoms with Crippen LogP contribution in [-0.2, 0) is 9.47 Å². The molecule has 2 N–H and O–H groups in total. The quantitative estimate of drug-likeness (QED) is 0.870. The van der Waals surface area contributed by atoms with Gasteiger partial charge in [0.2, 0.25) is 0 Å². The van der Waals surface area contributed by atoms with Crippen LogP contribution in [0.1, 0.15) is 30.1 Å². The number of rotatable bonds is 4. The molecule has 0 amide bonds. The molecule has 1 aliphatic rings. The van der Waals surface area contributed by atoms with Crippen LogP contribution >= 0.6 is 0 Å². The highest BCUT2D eigenvalue weighted by molar-refractivity contribution is 5.28. The van der Waals surface area contributed by atoms with E-state index in [1.165, 1.54) is 11.1 Å². The van der Waals surface area contributed by atoms with Crippen molar-refractivity contribution in [1.29, 1.82) is 0 Å². The SMILES string of the molecule is Cc1ccccc1C(CN)OC1CCOCC1. The zero-order valence-electron chi connectivity index (χ0n) is 10.4. The molecule has 0 aromatic heterocycles. The molecule has 17 heavy (non-hydrogen) atoms. The van der Waals surface area contributed by atoms with Crippen LogP contribution in [0.2, 0.25) is 0 Å². The van der Waals surface area contributed by atoms with Gasteiger partial charge in [0.1, 0.15) is 0 Å². The smallest absolute Gasteiger partial charge is 0.0953 e. The van der Waals surface area contributed by atoms with Crippen LogP contribution in [0.3, 0.4) is 0 Å². The molecular weight excluding hydrogens is 214 g/mol. The molecule has 1 saturated heterocycles. The summed E-state index contributed by atoms with van der Waals surface area (Å²) >= 11 is 0. The summed E-state index contributed by atoms with van der Waals surface area (Å²) in [6.07, 6.45) is 2.25. The minimum Gasteiger partial charge on any atom is -0.381 e. The van der Waals surface area contributed by atoms with Gasteiger partial charge in [0.05, 0.1) is 12.2 Å². The first-order valence-electron chi connectivity index (χ1n) is 6.30. The fraction of sp³-hybridized carbons (Fsp3) is 0.571. The summed E-state index contributed by atoms with van der Waals surface area (Å²) in [5.74, 6) is 0. The van der Waals surface area contributed by atoms with E-state index < -0.39 is 0 Å². The zero-order valence-corrected chi connectivity index (χ0v) is 10.4. The molecule has 1 aromatic rings. The first-order valence-corrected chi connectivity index (χ1v) is 6.30. The second kappa shape index (κ2) is 6.15. The lowest BCUT2D eigenvalue weighted by Gasteiger charge is -2.28. The second-order valence-corrected chi connectivity index (χ2v) is 4.53. The predicted octanol–water partition coefficient (Wildman–Crippen LogP) is 2.19. The van der Waals surface area contributed by atoms with Gasteiger partial charge in [-0.1, -0.05) is 24.3 Å². The highest BCUT2D eigenvalue weighted by Crippen LogP contribution is 2.24. The maximum Gasteiger partial charge on any atom is 0.0953 e. The number of hydrogen-bond donors (Lipinski definition) is 1. The van der Waals surface area contributed by atoms with Gasteiger partial charge in [0.25, 0.3) is 0 Å². The van der Waals surface area contributed by atoms with E-state index in [2.05, 4.69) is 19.1 Å². The highest BCUT2D eigenvalue weighted by Gasteiger charge is 2.20. The van der Waals surface area contributed by atoms with Crippen molar-refractivity contribution in [3.05, 3.63) is 35.4 Å². The van der Waals surface area contributed by atoms with E-state index in [4.69, 9.17) is 15.2 Å². The number of hydrogen-bond acceptors (Lipinski definition) is 3. The summed E-state index contributed by atoms with van der Waals surface area (Å²) < 4.78 is 11.4. The van der Waals surface area contributed by atoms with Crippen molar-refractivity contribution in [2.75, 3.05) is 19.8 Å². The normalized spacial score (nSPS) is 19.2. The minimum atomic E-state index is 0.0132. The Morgan fingerprint density at radius 3 is 2.71 bits per heavy atom. The van der Waals surface area contributed by atoms with Gasteiger partial charge in [-0.25, -0.2) is 0 Å². The van der Waals surface area contributed by atoms with Crippen LogP contribution in [0, 0.1) is 6.92 Å². The number of aryl methyl sites for hydroxylation is 1. The van der Waals surface area contributed by atoms with E-state index in [0.29, 0.717) is 6.54 Å². The zero-order chi connectivity index (χ0) is 12.1. The molecule has 0 spiro atoms. The highest BCUT2D eigenvalue weighted by atomic mass is 16.5. The Hall–Kier alpha value is -0.900. The maximum atomic E-state index is 6.10. The lowest BCUT2D eigenvalue weighted by molar-refractivity contribution is -0.0667. The van der Waals surface area contributed by atoms with Gasteiger partial charge in [-0.3, -0.25) is 0 Å². The molecule has 0 aliphatic carbocycles. The molecule has 2 rings (SSSR count). The number of ether oxygens (including phenoxy) is 2. The monoisotopic (exact) mass is 235 g/mol. The Kier molecular flexibility index (Phi) is 4.54. The summed E-state index contributed by atoms with van der Waals surface area (Å²) in [4.78, 5) is 0. The van der Waals surface area contributed by atoms with Gasteiger partial charge in [-0.05, 0) is 30.9 Å². The Balaban J connectivity index is 2.03. The first-order chi connectivity index (χ1) is 8.31. The lowest BCUT2D eigenvalue weighted by Crippen LogP contribution is -2.28. The van der Waals surface area contributed by atoms with Crippen molar-refractivity contribution in [1.82, 2.24) is 0 Å². The first kappa shape index (κ1) is 12.6. The second-order valence-electron chi connectivity index (χ2n) is 4.53. The van der Waals surface area contributed by atoms with Gasteiger partial charge in [0.15, 0.2) is 0 Å². The Morgan fingerprint density at radius 1 is 1.35 bits per heavy atom. The molecule has 94 valence electrons. The van der Waals surface area contributed by atoms with Crippen molar-refractivity contribution in [2.45, 2.75) is 32.0 Å². The maximum absolute atomic E-state index is 6.10. The molecule has 1 heterocycles. The average Bonchev–Trinajstić information content (AvgIpc) is 2.38. The van der Waals surface area contributed by atoms with E-state index in [1.54, 1.807) is 0 Å². The molecule has 3 heteroatoms. The van der Waals surface area contributed by atoms with Crippen LogP contribution in [0.5, 0.6) is 0 Å². The van der Waals surface area contributed by atoms with Gasteiger partial charge >= 0.3 is 0 Å². The molecular formula is C14H21NO2. The molecule has 0 radical (unpaired) electrons. The van der Waals surface area contributed by atoms with Crippen molar-refractivity contribution >= 4 is 0 Å². The fourth-order valence-electron chi connectivity index (χ4n) is 2.25. The molecule has 0 bridgehead atoms.